The van der Waals surface area contributed by atoms with E-state index in [4.69, 9.17) is 4.52 Å². The highest BCUT2D eigenvalue weighted by Gasteiger charge is 2.10. The Morgan fingerprint density at radius 2 is 2.12 bits per heavy atom. The number of nitrogens with zero attached hydrogens (tertiary/aromatic N) is 1. The summed E-state index contributed by atoms with van der Waals surface area (Å²) in [5, 5.41) is 7.54. The maximum Gasteiger partial charge on any atom is 0.220 e. The van der Waals surface area contributed by atoms with Crippen LogP contribution in [-0.4, -0.2) is 16.0 Å². The van der Waals surface area contributed by atoms with Gasteiger partial charge in [-0.05, 0) is 43.5 Å². The van der Waals surface area contributed by atoms with E-state index in [0.717, 1.165) is 28.1 Å². The third kappa shape index (κ3) is 3.64. The molecule has 0 radical (unpaired) electrons. The van der Waals surface area contributed by atoms with Gasteiger partial charge in [0.15, 0.2) is 0 Å². The number of hydrogen-bond acceptors (Lipinski definition) is 3. The molecule has 1 aromatic carbocycles. The number of carbonyl (C=O) groups excluding carboxylic acids is 1. The fourth-order valence-electron chi connectivity index (χ4n) is 2.66. The zero-order valence-corrected chi connectivity index (χ0v) is 13.8. The summed E-state index contributed by atoms with van der Waals surface area (Å²) in [6, 6.07) is 7.07. The Hall–Kier alpha value is -2.63. The van der Waals surface area contributed by atoms with Gasteiger partial charge in [-0.3, -0.25) is 4.79 Å². The van der Waals surface area contributed by atoms with Crippen molar-refractivity contribution < 1.29 is 13.7 Å². The van der Waals surface area contributed by atoms with Gasteiger partial charge >= 0.3 is 0 Å². The van der Waals surface area contributed by atoms with Gasteiger partial charge in [-0.2, -0.15) is 0 Å². The number of carbonyl (C=O) groups is 1. The van der Waals surface area contributed by atoms with Crippen molar-refractivity contribution in [1.29, 1.82) is 0 Å². The molecule has 0 bridgehead atoms. The molecule has 0 atom stereocenters. The van der Waals surface area contributed by atoms with Crippen LogP contribution in [0.15, 0.2) is 28.8 Å². The Morgan fingerprint density at radius 3 is 2.83 bits per heavy atom. The van der Waals surface area contributed by atoms with Crippen LogP contribution in [0.4, 0.5) is 4.39 Å². The van der Waals surface area contributed by atoms with Gasteiger partial charge in [0, 0.05) is 29.1 Å². The van der Waals surface area contributed by atoms with Crippen LogP contribution < -0.4 is 5.32 Å². The number of aromatic amines is 1. The summed E-state index contributed by atoms with van der Waals surface area (Å²) < 4.78 is 19.3. The third-order valence-corrected chi connectivity index (χ3v) is 3.97. The number of H-pyrrole nitrogens is 1. The van der Waals surface area contributed by atoms with Crippen molar-refractivity contribution in [3.8, 4) is 0 Å². The summed E-state index contributed by atoms with van der Waals surface area (Å²) in [4.78, 5) is 14.6. The molecule has 6 heteroatoms. The molecule has 24 heavy (non-hydrogen) atoms. The number of fused-ring (bicyclic) bond motifs is 1. The minimum Gasteiger partial charge on any atom is -0.361 e. The molecule has 2 N–H and O–H groups in total. The Balaban J connectivity index is 1.74. The van der Waals surface area contributed by atoms with E-state index in [0.29, 0.717) is 31.4 Å². The molecule has 3 aromatic rings. The van der Waals surface area contributed by atoms with Gasteiger partial charge in [-0.25, -0.2) is 4.39 Å². The van der Waals surface area contributed by atoms with E-state index in [1.165, 1.54) is 6.07 Å². The lowest BCUT2D eigenvalue weighted by Gasteiger charge is -2.02. The minimum atomic E-state index is -0.231. The van der Waals surface area contributed by atoms with Gasteiger partial charge in [0.1, 0.15) is 11.6 Å². The first-order valence-electron chi connectivity index (χ1n) is 8.04. The van der Waals surface area contributed by atoms with E-state index in [1.54, 1.807) is 6.92 Å². The lowest BCUT2D eigenvalue weighted by atomic mass is 10.1. The number of nitrogens with one attached hydrogen (secondary N) is 2. The number of aryl methyl sites for hydroxylation is 3. The van der Waals surface area contributed by atoms with Gasteiger partial charge in [0.25, 0.3) is 0 Å². The monoisotopic (exact) mass is 329 g/mol. The molecule has 0 aliphatic heterocycles. The molecule has 0 aliphatic rings. The number of halogens is 1. The van der Waals surface area contributed by atoms with Crippen molar-refractivity contribution in [2.75, 3.05) is 0 Å². The van der Waals surface area contributed by atoms with Crippen LogP contribution in [0.3, 0.4) is 0 Å². The molecule has 2 heterocycles. The molecular formula is C18H20FN3O2. The largest absolute Gasteiger partial charge is 0.361 e. The molecule has 0 spiro atoms. The standard InChI is InChI=1S/C18H20FN3O2/c1-3-18(23)20-10-15-7-13-8-16(19)12(9-17(13)21-15)4-5-14-6-11(2)24-22-14/h6-9,21H,3-5,10H2,1-2H3,(H,20,23). The van der Waals surface area contributed by atoms with E-state index >= 15 is 0 Å². The summed E-state index contributed by atoms with van der Waals surface area (Å²) in [6.45, 7) is 4.05. The molecule has 126 valence electrons. The highest BCUT2D eigenvalue weighted by atomic mass is 19.1. The molecule has 3 rings (SSSR count). The van der Waals surface area contributed by atoms with Gasteiger partial charge in [0.2, 0.25) is 5.91 Å². The number of rotatable bonds is 6. The van der Waals surface area contributed by atoms with Crippen molar-refractivity contribution in [3.05, 3.63) is 52.8 Å². The maximum absolute atomic E-state index is 14.3. The third-order valence-electron chi connectivity index (χ3n) is 3.97. The highest BCUT2D eigenvalue weighted by Crippen LogP contribution is 2.21. The van der Waals surface area contributed by atoms with Gasteiger partial charge in [0.05, 0.1) is 12.2 Å². The first-order chi connectivity index (χ1) is 11.5. The van der Waals surface area contributed by atoms with Crippen molar-refractivity contribution >= 4 is 16.8 Å². The van der Waals surface area contributed by atoms with Crippen LogP contribution in [0.25, 0.3) is 10.9 Å². The lowest BCUT2D eigenvalue weighted by Crippen LogP contribution is -2.21. The van der Waals surface area contributed by atoms with Crippen molar-refractivity contribution in [2.24, 2.45) is 0 Å². The van der Waals surface area contributed by atoms with Crippen LogP contribution in [0, 0.1) is 12.7 Å². The smallest absolute Gasteiger partial charge is 0.220 e. The van der Waals surface area contributed by atoms with Gasteiger partial charge < -0.3 is 14.8 Å². The van der Waals surface area contributed by atoms with Crippen LogP contribution in [0.2, 0.25) is 0 Å². The first kappa shape index (κ1) is 16.2. The average molecular weight is 329 g/mol. The zero-order valence-electron chi connectivity index (χ0n) is 13.8. The first-order valence-corrected chi connectivity index (χ1v) is 8.04. The number of aromatic nitrogens is 2. The van der Waals surface area contributed by atoms with Crippen LogP contribution in [-0.2, 0) is 24.2 Å². The van der Waals surface area contributed by atoms with Crippen LogP contribution in [0.5, 0.6) is 0 Å². The van der Waals surface area contributed by atoms with E-state index in [-0.39, 0.29) is 11.7 Å². The predicted molar refractivity (Wildman–Crippen MR) is 89.0 cm³/mol. The van der Waals surface area contributed by atoms with Crippen molar-refractivity contribution in [2.45, 2.75) is 39.7 Å². The van der Waals surface area contributed by atoms with E-state index in [1.807, 2.05) is 25.1 Å². The quantitative estimate of drug-likeness (QED) is 0.728. The highest BCUT2D eigenvalue weighted by molar-refractivity contribution is 5.81. The SMILES string of the molecule is CCC(=O)NCc1cc2cc(F)c(CCc3cc(C)on3)cc2[nH]1. The predicted octanol–water partition coefficient (Wildman–Crippen LogP) is 3.41. The molecular weight excluding hydrogens is 309 g/mol. The Morgan fingerprint density at radius 1 is 1.29 bits per heavy atom. The second-order valence-electron chi connectivity index (χ2n) is 5.88. The molecule has 5 nitrogen and oxygen atoms in total. The molecule has 0 saturated heterocycles. The molecule has 2 aromatic heterocycles. The normalized spacial score (nSPS) is 11.1. The summed E-state index contributed by atoms with van der Waals surface area (Å²) in [5.74, 6) is 0.512. The molecule has 0 saturated carbocycles. The van der Waals surface area contributed by atoms with Crippen LogP contribution >= 0.6 is 0 Å². The summed E-state index contributed by atoms with van der Waals surface area (Å²) in [7, 11) is 0. The van der Waals surface area contributed by atoms with Gasteiger partial charge in [-0.15, -0.1) is 0 Å². The van der Waals surface area contributed by atoms with E-state index in [2.05, 4.69) is 15.5 Å². The summed E-state index contributed by atoms with van der Waals surface area (Å²) >= 11 is 0. The summed E-state index contributed by atoms with van der Waals surface area (Å²) in [6.07, 6.45) is 1.62. The fourth-order valence-corrected chi connectivity index (χ4v) is 2.66. The van der Waals surface area contributed by atoms with Crippen molar-refractivity contribution in [3.63, 3.8) is 0 Å². The Kier molecular flexibility index (Phi) is 4.64. The number of benzene rings is 1. The van der Waals surface area contributed by atoms with E-state index in [9.17, 15) is 9.18 Å². The zero-order chi connectivity index (χ0) is 17.1. The second-order valence-corrected chi connectivity index (χ2v) is 5.88. The lowest BCUT2D eigenvalue weighted by molar-refractivity contribution is -0.120. The molecule has 0 fully saturated rings. The minimum absolute atomic E-state index is 0.0107. The van der Waals surface area contributed by atoms with E-state index < -0.39 is 0 Å². The Bertz CT molecular complexity index is 866. The van der Waals surface area contributed by atoms with Crippen LogP contribution in [0.1, 0.15) is 36.1 Å². The van der Waals surface area contributed by atoms with Gasteiger partial charge in [-0.1, -0.05) is 12.1 Å². The Labute approximate surface area is 139 Å². The number of hydrogen-bond donors (Lipinski definition) is 2. The van der Waals surface area contributed by atoms with Crippen molar-refractivity contribution in [1.82, 2.24) is 15.5 Å². The fraction of sp³-hybridized carbons (Fsp3) is 0.333. The second kappa shape index (κ2) is 6.86. The maximum atomic E-state index is 14.3. The summed E-state index contributed by atoms with van der Waals surface area (Å²) in [5.41, 5.74) is 3.18. The molecule has 0 unspecified atom stereocenters. The average Bonchev–Trinajstić information content (AvgIpc) is 3.15. The molecule has 0 aliphatic carbocycles. The number of amides is 1. The topological polar surface area (TPSA) is 70.9 Å². The molecule has 1 amide bonds.